The number of hydrogen-bond donors (Lipinski definition) is 1. The standard InChI is InChI=1S/C13H15BrN2OS/c1-8(15)12-4-3-10(14)5-13(12)17-6-11-7-18-9(2)16-11/h3-5,7-8H,6,15H2,1-2H3/t8-/m0/s1. The van der Waals surface area contributed by atoms with Crippen molar-refractivity contribution < 1.29 is 4.74 Å². The Hall–Kier alpha value is -0.910. The number of rotatable bonds is 4. The molecule has 0 spiro atoms. The molecule has 0 bridgehead atoms. The molecule has 0 amide bonds. The number of halogens is 1. The van der Waals surface area contributed by atoms with Crippen LogP contribution in [0, 0.1) is 6.92 Å². The van der Waals surface area contributed by atoms with E-state index in [4.69, 9.17) is 10.5 Å². The smallest absolute Gasteiger partial charge is 0.131 e. The molecule has 0 saturated carbocycles. The number of aromatic nitrogens is 1. The zero-order chi connectivity index (χ0) is 13.1. The minimum absolute atomic E-state index is 0.0507. The van der Waals surface area contributed by atoms with Crippen molar-refractivity contribution in [1.29, 1.82) is 0 Å². The lowest BCUT2D eigenvalue weighted by Crippen LogP contribution is -2.08. The monoisotopic (exact) mass is 326 g/mol. The maximum absolute atomic E-state index is 5.93. The maximum atomic E-state index is 5.93. The second-order valence-corrected chi connectivity index (χ2v) is 6.10. The Morgan fingerprint density at radius 3 is 2.89 bits per heavy atom. The number of nitrogens with zero attached hydrogens (tertiary/aromatic N) is 1. The SMILES string of the molecule is Cc1nc(COc2cc(Br)ccc2[C@H](C)N)cs1. The second-order valence-electron chi connectivity index (χ2n) is 4.12. The normalized spacial score (nSPS) is 12.4. The van der Waals surface area contributed by atoms with E-state index in [2.05, 4.69) is 20.9 Å². The second kappa shape index (κ2) is 5.82. The van der Waals surface area contributed by atoms with Gasteiger partial charge in [-0.1, -0.05) is 22.0 Å². The Labute approximate surface area is 119 Å². The van der Waals surface area contributed by atoms with Crippen LogP contribution in [0.4, 0.5) is 0 Å². The molecule has 1 atom stereocenters. The highest BCUT2D eigenvalue weighted by atomic mass is 79.9. The highest BCUT2D eigenvalue weighted by molar-refractivity contribution is 9.10. The van der Waals surface area contributed by atoms with Crippen molar-refractivity contribution in [2.75, 3.05) is 0 Å². The molecule has 0 fully saturated rings. The summed E-state index contributed by atoms with van der Waals surface area (Å²) < 4.78 is 6.80. The first-order valence-electron chi connectivity index (χ1n) is 5.65. The van der Waals surface area contributed by atoms with Gasteiger partial charge in [-0.05, 0) is 26.0 Å². The molecule has 2 rings (SSSR count). The minimum atomic E-state index is -0.0507. The van der Waals surface area contributed by atoms with Gasteiger partial charge >= 0.3 is 0 Å². The molecular weight excluding hydrogens is 312 g/mol. The summed E-state index contributed by atoms with van der Waals surface area (Å²) in [6.45, 7) is 4.41. The van der Waals surface area contributed by atoms with E-state index in [1.165, 1.54) is 0 Å². The quantitative estimate of drug-likeness (QED) is 0.929. The summed E-state index contributed by atoms with van der Waals surface area (Å²) in [5, 5.41) is 3.06. The molecule has 0 aliphatic carbocycles. The van der Waals surface area contributed by atoms with E-state index >= 15 is 0 Å². The number of ether oxygens (including phenoxy) is 1. The van der Waals surface area contributed by atoms with Crippen molar-refractivity contribution in [1.82, 2.24) is 4.98 Å². The number of aryl methyl sites for hydroxylation is 1. The first-order chi connectivity index (χ1) is 8.56. The zero-order valence-electron chi connectivity index (χ0n) is 10.3. The average molecular weight is 327 g/mol. The van der Waals surface area contributed by atoms with Crippen LogP contribution in [0.1, 0.15) is 29.2 Å². The molecule has 96 valence electrons. The fourth-order valence-electron chi connectivity index (χ4n) is 1.64. The fraction of sp³-hybridized carbons (Fsp3) is 0.308. The van der Waals surface area contributed by atoms with Gasteiger partial charge in [0.15, 0.2) is 0 Å². The first-order valence-corrected chi connectivity index (χ1v) is 7.32. The van der Waals surface area contributed by atoms with Crippen molar-refractivity contribution >= 4 is 27.3 Å². The molecule has 5 heteroatoms. The third-order valence-corrected chi connectivity index (χ3v) is 3.82. The molecule has 3 nitrogen and oxygen atoms in total. The van der Waals surface area contributed by atoms with E-state index in [9.17, 15) is 0 Å². The summed E-state index contributed by atoms with van der Waals surface area (Å²) in [5.74, 6) is 0.810. The Bertz CT molecular complexity index is 540. The summed E-state index contributed by atoms with van der Waals surface area (Å²) >= 11 is 5.07. The number of benzene rings is 1. The maximum Gasteiger partial charge on any atom is 0.131 e. The highest BCUT2D eigenvalue weighted by Crippen LogP contribution is 2.28. The third kappa shape index (κ3) is 3.31. The minimum Gasteiger partial charge on any atom is -0.487 e. The Kier molecular flexibility index (Phi) is 4.37. The molecule has 1 aromatic carbocycles. The lowest BCUT2D eigenvalue weighted by Gasteiger charge is -2.13. The largest absolute Gasteiger partial charge is 0.487 e. The summed E-state index contributed by atoms with van der Waals surface area (Å²) in [6, 6.07) is 5.85. The van der Waals surface area contributed by atoms with Gasteiger partial charge in [0.25, 0.3) is 0 Å². The van der Waals surface area contributed by atoms with E-state index in [0.717, 1.165) is 26.5 Å². The van der Waals surface area contributed by atoms with Crippen LogP contribution in [0.3, 0.4) is 0 Å². The summed E-state index contributed by atoms with van der Waals surface area (Å²) in [7, 11) is 0. The number of thiazole rings is 1. The van der Waals surface area contributed by atoms with E-state index in [1.807, 2.05) is 37.4 Å². The van der Waals surface area contributed by atoms with Crippen LogP contribution in [0.5, 0.6) is 5.75 Å². The van der Waals surface area contributed by atoms with Crippen LogP contribution >= 0.6 is 27.3 Å². The van der Waals surface area contributed by atoms with Crippen molar-refractivity contribution in [3.63, 3.8) is 0 Å². The number of nitrogens with two attached hydrogens (primary N) is 1. The van der Waals surface area contributed by atoms with Gasteiger partial charge in [-0.25, -0.2) is 4.98 Å². The van der Waals surface area contributed by atoms with Crippen LogP contribution < -0.4 is 10.5 Å². The average Bonchev–Trinajstić information content (AvgIpc) is 2.72. The lowest BCUT2D eigenvalue weighted by atomic mass is 10.1. The molecule has 1 aromatic heterocycles. The van der Waals surface area contributed by atoms with Crippen molar-refractivity contribution in [2.45, 2.75) is 26.5 Å². The fourth-order valence-corrected chi connectivity index (χ4v) is 2.57. The van der Waals surface area contributed by atoms with Gasteiger partial charge < -0.3 is 10.5 Å². The molecule has 0 radical (unpaired) electrons. The molecular formula is C13H15BrN2OS. The van der Waals surface area contributed by atoms with E-state index in [0.29, 0.717) is 6.61 Å². The Morgan fingerprint density at radius 1 is 1.50 bits per heavy atom. The molecule has 1 heterocycles. The van der Waals surface area contributed by atoms with Gasteiger partial charge in [-0.2, -0.15) is 0 Å². The zero-order valence-corrected chi connectivity index (χ0v) is 12.7. The molecule has 0 aliphatic rings. The molecule has 0 unspecified atom stereocenters. The first kappa shape index (κ1) is 13.5. The van der Waals surface area contributed by atoms with Crippen LogP contribution in [0.15, 0.2) is 28.1 Å². The third-order valence-electron chi connectivity index (χ3n) is 2.51. The van der Waals surface area contributed by atoms with Crippen molar-refractivity contribution in [3.8, 4) is 5.75 Å². The molecule has 0 saturated heterocycles. The van der Waals surface area contributed by atoms with Gasteiger partial charge in [0.05, 0.1) is 10.7 Å². The van der Waals surface area contributed by atoms with E-state index in [1.54, 1.807) is 11.3 Å². The van der Waals surface area contributed by atoms with Gasteiger partial charge in [0, 0.05) is 21.5 Å². The van der Waals surface area contributed by atoms with Gasteiger partial charge in [-0.3, -0.25) is 0 Å². The summed E-state index contributed by atoms with van der Waals surface area (Å²) in [5.41, 5.74) is 7.89. The Balaban J connectivity index is 2.15. The van der Waals surface area contributed by atoms with Crippen LogP contribution in [-0.2, 0) is 6.61 Å². The van der Waals surface area contributed by atoms with Crippen molar-refractivity contribution in [2.24, 2.45) is 5.73 Å². The Morgan fingerprint density at radius 2 is 2.28 bits per heavy atom. The predicted octanol–water partition coefficient (Wildman–Crippen LogP) is 3.81. The molecule has 2 aromatic rings. The van der Waals surface area contributed by atoms with E-state index in [-0.39, 0.29) is 6.04 Å². The van der Waals surface area contributed by atoms with Crippen molar-refractivity contribution in [3.05, 3.63) is 44.3 Å². The molecule has 2 N–H and O–H groups in total. The molecule has 0 aliphatic heterocycles. The van der Waals surface area contributed by atoms with Crippen LogP contribution in [-0.4, -0.2) is 4.98 Å². The van der Waals surface area contributed by atoms with E-state index < -0.39 is 0 Å². The van der Waals surface area contributed by atoms with Gasteiger partial charge in [0.1, 0.15) is 12.4 Å². The van der Waals surface area contributed by atoms with Gasteiger partial charge in [-0.15, -0.1) is 11.3 Å². The highest BCUT2D eigenvalue weighted by Gasteiger charge is 2.09. The summed E-state index contributed by atoms with van der Waals surface area (Å²) in [6.07, 6.45) is 0. The lowest BCUT2D eigenvalue weighted by molar-refractivity contribution is 0.297. The number of hydrogen-bond acceptors (Lipinski definition) is 4. The summed E-state index contributed by atoms with van der Waals surface area (Å²) in [4.78, 5) is 4.37. The predicted molar refractivity (Wildman–Crippen MR) is 77.9 cm³/mol. The molecule has 18 heavy (non-hydrogen) atoms. The van der Waals surface area contributed by atoms with Gasteiger partial charge in [0.2, 0.25) is 0 Å². The van der Waals surface area contributed by atoms with Crippen LogP contribution in [0.25, 0.3) is 0 Å². The van der Waals surface area contributed by atoms with Crippen LogP contribution in [0.2, 0.25) is 0 Å². The topological polar surface area (TPSA) is 48.1 Å².